The number of hydrogen-bond acceptors (Lipinski definition) is 2. The van der Waals surface area contributed by atoms with E-state index in [1.807, 2.05) is 0 Å². The third kappa shape index (κ3) is 1.53. The van der Waals surface area contributed by atoms with Gasteiger partial charge in [-0.15, -0.1) is 0 Å². The highest BCUT2D eigenvalue weighted by Gasteiger charge is 2.17. The molecular formula is C13H15N3. The second kappa shape index (κ2) is 3.76. The lowest BCUT2D eigenvalue weighted by molar-refractivity contribution is 0.637. The Morgan fingerprint density at radius 3 is 3.12 bits per heavy atom. The van der Waals surface area contributed by atoms with Crippen LogP contribution in [0.4, 0.5) is 0 Å². The lowest BCUT2D eigenvalue weighted by Gasteiger charge is -2.13. The Bertz CT molecular complexity index is 514. The highest BCUT2D eigenvalue weighted by molar-refractivity contribution is 5.65. The van der Waals surface area contributed by atoms with E-state index >= 15 is 0 Å². The van der Waals surface area contributed by atoms with Gasteiger partial charge < -0.3 is 5.32 Å². The number of hydrogen-bond donors (Lipinski definition) is 2. The minimum Gasteiger partial charge on any atom is -0.312 e. The predicted octanol–water partition coefficient (Wildman–Crippen LogP) is 2.03. The average Bonchev–Trinajstić information content (AvgIpc) is 2.72. The third-order valence-electron chi connectivity index (χ3n) is 3.10. The van der Waals surface area contributed by atoms with Crippen molar-refractivity contribution >= 4 is 0 Å². The third-order valence-corrected chi connectivity index (χ3v) is 3.10. The Kier molecular flexibility index (Phi) is 2.26. The van der Waals surface area contributed by atoms with Crippen molar-refractivity contribution in [3.05, 3.63) is 41.1 Å². The van der Waals surface area contributed by atoms with E-state index in [1.54, 1.807) is 0 Å². The highest BCUT2D eigenvalue weighted by Crippen LogP contribution is 2.26. The Labute approximate surface area is 94.9 Å². The monoisotopic (exact) mass is 213 g/mol. The Morgan fingerprint density at radius 2 is 2.25 bits per heavy atom. The summed E-state index contributed by atoms with van der Waals surface area (Å²) in [6.07, 6.45) is 1.05. The Balaban J connectivity index is 2.09. The van der Waals surface area contributed by atoms with Crippen LogP contribution in [0.1, 0.15) is 16.8 Å². The van der Waals surface area contributed by atoms with Gasteiger partial charge in [-0.25, -0.2) is 0 Å². The van der Waals surface area contributed by atoms with Crippen LogP contribution >= 0.6 is 0 Å². The quantitative estimate of drug-likeness (QED) is 0.761. The maximum Gasteiger partial charge on any atom is 0.0968 e. The SMILES string of the molecule is Cc1cccc(-c2n[nH]c3c2CNCC3)c1. The molecule has 1 aliphatic heterocycles. The number of nitrogens with zero attached hydrogens (tertiary/aromatic N) is 1. The Morgan fingerprint density at radius 1 is 1.31 bits per heavy atom. The molecule has 1 aromatic carbocycles. The summed E-state index contributed by atoms with van der Waals surface area (Å²) in [6, 6.07) is 8.51. The smallest absolute Gasteiger partial charge is 0.0968 e. The summed E-state index contributed by atoms with van der Waals surface area (Å²) in [4.78, 5) is 0. The number of aryl methyl sites for hydroxylation is 1. The molecule has 3 rings (SSSR count). The van der Waals surface area contributed by atoms with Crippen molar-refractivity contribution in [2.75, 3.05) is 6.54 Å². The van der Waals surface area contributed by atoms with E-state index in [2.05, 4.69) is 46.7 Å². The zero-order valence-corrected chi connectivity index (χ0v) is 9.38. The maximum absolute atomic E-state index is 4.44. The summed E-state index contributed by atoms with van der Waals surface area (Å²) in [5.74, 6) is 0. The van der Waals surface area contributed by atoms with E-state index in [1.165, 1.54) is 22.4 Å². The summed E-state index contributed by atoms with van der Waals surface area (Å²) in [5.41, 5.74) is 6.21. The first-order valence-electron chi connectivity index (χ1n) is 5.68. The molecule has 82 valence electrons. The lowest BCUT2D eigenvalue weighted by Crippen LogP contribution is -2.23. The van der Waals surface area contributed by atoms with E-state index in [4.69, 9.17) is 0 Å². The van der Waals surface area contributed by atoms with Crippen molar-refractivity contribution in [2.24, 2.45) is 0 Å². The largest absolute Gasteiger partial charge is 0.312 e. The molecule has 0 saturated heterocycles. The van der Waals surface area contributed by atoms with Gasteiger partial charge in [-0.3, -0.25) is 5.10 Å². The van der Waals surface area contributed by atoms with Crippen molar-refractivity contribution in [2.45, 2.75) is 19.9 Å². The molecule has 0 fully saturated rings. The second-order valence-electron chi connectivity index (χ2n) is 4.33. The summed E-state index contributed by atoms with van der Waals surface area (Å²) >= 11 is 0. The van der Waals surface area contributed by atoms with Crippen LogP contribution in [0, 0.1) is 6.92 Å². The summed E-state index contributed by atoms with van der Waals surface area (Å²) in [5, 5.41) is 11.0. The second-order valence-corrected chi connectivity index (χ2v) is 4.33. The fourth-order valence-electron chi connectivity index (χ4n) is 2.26. The molecule has 0 bridgehead atoms. The molecule has 0 aliphatic carbocycles. The first kappa shape index (κ1) is 9.60. The van der Waals surface area contributed by atoms with Gasteiger partial charge in [-0.1, -0.05) is 23.8 Å². The van der Waals surface area contributed by atoms with Crippen LogP contribution in [0.15, 0.2) is 24.3 Å². The van der Waals surface area contributed by atoms with Gasteiger partial charge in [-0.05, 0) is 13.0 Å². The van der Waals surface area contributed by atoms with E-state index in [9.17, 15) is 0 Å². The molecule has 16 heavy (non-hydrogen) atoms. The van der Waals surface area contributed by atoms with Gasteiger partial charge in [0, 0.05) is 36.3 Å². The zero-order chi connectivity index (χ0) is 11.0. The van der Waals surface area contributed by atoms with E-state index in [-0.39, 0.29) is 0 Å². The number of rotatable bonds is 1. The molecule has 2 aromatic rings. The molecule has 0 atom stereocenters. The van der Waals surface area contributed by atoms with Gasteiger partial charge in [0.05, 0.1) is 5.69 Å². The standard InChI is InChI=1S/C13H15N3/c1-9-3-2-4-10(7-9)13-11-8-14-6-5-12(11)15-16-13/h2-4,7,14H,5-6,8H2,1H3,(H,15,16). The molecule has 2 N–H and O–H groups in total. The fraction of sp³-hybridized carbons (Fsp3) is 0.308. The van der Waals surface area contributed by atoms with E-state index < -0.39 is 0 Å². The first-order valence-corrected chi connectivity index (χ1v) is 5.68. The summed E-state index contributed by atoms with van der Waals surface area (Å²) in [7, 11) is 0. The minimum absolute atomic E-state index is 0.926. The van der Waals surface area contributed by atoms with Crippen LogP contribution < -0.4 is 5.32 Å². The Hall–Kier alpha value is -1.61. The number of benzene rings is 1. The lowest BCUT2D eigenvalue weighted by atomic mass is 10.0. The van der Waals surface area contributed by atoms with Crippen LogP contribution in [0.25, 0.3) is 11.3 Å². The van der Waals surface area contributed by atoms with Crippen molar-refractivity contribution in [3.8, 4) is 11.3 Å². The van der Waals surface area contributed by atoms with Crippen molar-refractivity contribution < 1.29 is 0 Å². The van der Waals surface area contributed by atoms with Crippen molar-refractivity contribution in [1.82, 2.24) is 15.5 Å². The molecule has 0 unspecified atom stereocenters. The number of H-pyrrole nitrogens is 1. The maximum atomic E-state index is 4.44. The first-order chi connectivity index (χ1) is 7.84. The summed E-state index contributed by atoms with van der Waals surface area (Å²) in [6.45, 7) is 4.08. The minimum atomic E-state index is 0.926. The molecule has 0 radical (unpaired) electrons. The number of nitrogens with one attached hydrogen (secondary N) is 2. The molecule has 2 heterocycles. The average molecular weight is 213 g/mol. The van der Waals surface area contributed by atoms with Crippen molar-refractivity contribution in [1.29, 1.82) is 0 Å². The highest BCUT2D eigenvalue weighted by atomic mass is 15.1. The molecular weight excluding hydrogens is 198 g/mol. The van der Waals surface area contributed by atoms with E-state index in [0.29, 0.717) is 0 Å². The molecule has 1 aliphatic rings. The van der Waals surface area contributed by atoms with Crippen LogP contribution in [0.3, 0.4) is 0 Å². The van der Waals surface area contributed by atoms with Gasteiger partial charge in [0.2, 0.25) is 0 Å². The van der Waals surface area contributed by atoms with Crippen LogP contribution in [0.2, 0.25) is 0 Å². The summed E-state index contributed by atoms with van der Waals surface area (Å²) < 4.78 is 0. The molecule has 0 amide bonds. The topological polar surface area (TPSA) is 40.7 Å². The van der Waals surface area contributed by atoms with E-state index in [0.717, 1.165) is 25.2 Å². The molecule has 3 heteroatoms. The molecule has 3 nitrogen and oxygen atoms in total. The van der Waals surface area contributed by atoms with Crippen LogP contribution in [-0.4, -0.2) is 16.7 Å². The van der Waals surface area contributed by atoms with Crippen LogP contribution in [-0.2, 0) is 13.0 Å². The normalized spacial score (nSPS) is 14.8. The fourth-order valence-corrected chi connectivity index (χ4v) is 2.26. The van der Waals surface area contributed by atoms with Gasteiger partial charge in [0.1, 0.15) is 0 Å². The molecule has 0 spiro atoms. The molecule has 0 saturated carbocycles. The number of aromatic amines is 1. The number of fused-ring (bicyclic) bond motifs is 1. The van der Waals surface area contributed by atoms with Gasteiger partial charge in [0.15, 0.2) is 0 Å². The van der Waals surface area contributed by atoms with Gasteiger partial charge >= 0.3 is 0 Å². The zero-order valence-electron chi connectivity index (χ0n) is 9.38. The van der Waals surface area contributed by atoms with Crippen LogP contribution in [0.5, 0.6) is 0 Å². The molecule has 1 aromatic heterocycles. The predicted molar refractivity (Wildman–Crippen MR) is 64.2 cm³/mol. The van der Waals surface area contributed by atoms with Crippen molar-refractivity contribution in [3.63, 3.8) is 0 Å². The van der Waals surface area contributed by atoms with Gasteiger partial charge in [-0.2, -0.15) is 5.10 Å². The number of aromatic nitrogens is 2. The van der Waals surface area contributed by atoms with Gasteiger partial charge in [0.25, 0.3) is 0 Å².